The third kappa shape index (κ3) is 4.42. The first kappa shape index (κ1) is 21.4. The van der Waals surface area contributed by atoms with Crippen LogP contribution in [0.1, 0.15) is 23.5 Å². The number of rotatable bonds is 8. The van der Waals surface area contributed by atoms with Crippen molar-refractivity contribution >= 4 is 10.8 Å². The number of benzene rings is 3. The Balaban J connectivity index is 1.31. The molecule has 0 amide bonds. The molecule has 0 saturated heterocycles. The first-order valence-electron chi connectivity index (χ1n) is 11.2. The minimum Gasteiger partial charge on any atom is -0.497 e. The van der Waals surface area contributed by atoms with Crippen LogP contribution in [-0.4, -0.2) is 30.5 Å². The average molecular weight is 441 g/mol. The van der Waals surface area contributed by atoms with Gasteiger partial charge < -0.3 is 14.6 Å². The van der Waals surface area contributed by atoms with Crippen LogP contribution in [0.4, 0.5) is 0 Å². The quantitative estimate of drug-likeness (QED) is 0.372. The summed E-state index contributed by atoms with van der Waals surface area (Å²) in [5.74, 6) is 2.29. The van der Waals surface area contributed by atoms with E-state index in [4.69, 9.17) is 9.47 Å². The number of nitrogens with zero attached hydrogens (tertiary/aromatic N) is 1. The number of aliphatic hydroxyl groups is 1. The molecule has 1 aliphatic carbocycles. The summed E-state index contributed by atoms with van der Waals surface area (Å²) in [6.45, 7) is 0.577. The molecule has 5 nitrogen and oxygen atoms in total. The van der Waals surface area contributed by atoms with Crippen LogP contribution in [0.3, 0.4) is 0 Å². The van der Waals surface area contributed by atoms with Crippen LogP contribution in [0.25, 0.3) is 21.9 Å². The van der Waals surface area contributed by atoms with E-state index in [1.807, 2.05) is 48.8 Å². The maximum Gasteiger partial charge on any atom is 0.119 e. The van der Waals surface area contributed by atoms with Gasteiger partial charge >= 0.3 is 0 Å². The predicted molar refractivity (Wildman–Crippen MR) is 130 cm³/mol. The van der Waals surface area contributed by atoms with E-state index in [2.05, 4.69) is 40.6 Å². The summed E-state index contributed by atoms with van der Waals surface area (Å²) in [5.41, 5.74) is 4.60. The van der Waals surface area contributed by atoms with Crippen molar-refractivity contribution in [2.75, 3.05) is 14.2 Å². The zero-order chi connectivity index (χ0) is 22.8. The third-order valence-electron chi connectivity index (χ3n) is 6.58. The Morgan fingerprint density at radius 1 is 0.970 bits per heavy atom. The van der Waals surface area contributed by atoms with Crippen molar-refractivity contribution < 1.29 is 14.6 Å². The molecular weight excluding hydrogens is 412 g/mol. The molecule has 33 heavy (non-hydrogen) atoms. The van der Waals surface area contributed by atoms with Crippen molar-refractivity contribution in [2.24, 2.45) is 5.92 Å². The molecule has 1 saturated carbocycles. The fraction of sp³-hybridized carbons (Fsp3) is 0.250. The number of hydrogen-bond donors (Lipinski definition) is 2. The summed E-state index contributed by atoms with van der Waals surface area (Å²) in [5, 5.41) is 16.3. The second-order valence-electron chi connectivity index (χ2n) is 8.53. The van der Waals surface area contributed by atoms with Crippen LogP contribution >= 0.6 is 0 Å². The number of methoxy groups -OCH3 is 2. The number of aliphatic hydroxyl groups excluding tert-OH is 1. The summed E-state index contributed by atoms with van der Waals surface area (Å²) in [7, 11) is 3.35. The highest BCUT2D eigenvalue weighted by atomic mass is 16.5. The van der Waals surface area contributed by atoms with Crippen LogP contribution in [-0.2, 0) is 6.54 Å². The second kappa shape index (κ2) is 9.22. The minimum atomic E-state index is -0.554. The van der Waals surface area contributed by atoms with Gasteiger partial charge in [-0.1, -0.05) is 36.4 Å². The lowest BCUT2D eigenvalue weighted by atomic mass is 9.96. The van der Waals surface area contributed by atoms with E-state index in [9.17, 15) is 5.11 Å². The Hall–Kier alpha value is -3.41. The lowest BCUT2D eigenvalue weighted by Crippen LogP contribution is -2.30. The van der Waals surface area contributed by atoms with E-state index in [1.165, 1.54) is 5.56 Å². The highest BCUT2D eigenvalue weighted by molar-refractivity contribution is 5.98. The van der Waals surface area contributed by atoms with Gasteiger partial charge in [-0.3, -0.25) is 10.3 Å². The van der Waals surface area contributed by atoms with Gasteiger partial charge in [0.25, 0.3) is 0 Å². The molecular formula is C28H28N2O3. The Labute approximate surface area is 194 Å². The smallest absolute Gasteiger partial charge is 0.119 e. The lowest BCUT2D eigenvalue weighted by Gasteiger charge is -2.16. The van der Waals surface area contributed by atoms with Gasteiger partial charge in [-0.15, -0.1) is 0 Å². The molecule has 0 spiro atoms. The molecule has 4 aromatic rings. The number of ether oxygens (including phenoxy) is 2. The van der Waals surface area contributed by atoms with E-state index in [1.54, 1.807) is 14.2 Å². The number of nitrogens with one attached hydrogen (secondary N) is 1. The molecule has 0 bridgehead atoms. The van der Waals surface area contributed by atoms with Crippen LogP contribution in [0.15, 0.2) is 79.1 Å². The minimum absolute atomic E-state index is 0.221. The Morgan fingerprint density at radius 2 is 1.79 bits per heavy atom. The van der Waals surface area contributed by atoms with Crippen LogP contribution in [0, 0.1) is 5.92 Å². The van der Waals surface area contributed by atoms with Gasteiger partial charge in [0, 0.05) is 30.2 Å². The molecule has 2 N–H and O–H groups in total. The molecule has 1 unspecified atom stereocenters. The summed E-state index contributed by atoms with van der Waals surface area (Å²) in [4.78, 5) is 4.36. The number of pyridine rings is 1. The summed E-state index contributed by atoms with van der Waals surface area (Å²) in [6, 6.07) is 22.5. The first-order chi connectivity index (χ1) is 16.2. The molecule has 1 fully saturated rings. The third-order valence-corrected chi connectivity index (χ3v) is 6.58. The molecule has 168 valence electrons. The molecule has 5 heteroatoms. The van der Waals surface area contributed by atoms with E-state index in [0.717, 1.165) is 45.4 Å². The number of aromatic nitrogens is 1. The van der Waals surface area contributed by atoms with E-state index < -0.39 is 6.23 Å². The summed E-state index contributed by atoms with van der Waals surface area (Å²) < 4.78 is 10.6. The predicted octanol–water partition coefficient (Wildman–Crippen LogP) is 5.13. The summed E-state index contributed by atoms with van der Waals surface area (Å²) in [6.07, 6.45) is 4.15. The van der Waals surface area contributed by atoms with Crippen molar-refractivity contribution in [2.45, 2.75) is 25.1 Å². The van der Waals surface area contributed by atoms with E-state index in [0.29, 0.717) is 12.5 Å². The van der Waals surface area contributed by atoms with Gasteiger partial charge in [0.2, 0.25) is 0 Å². The molecule has 5 rings (SSSR count). The largest absolute Gasteiger partial charge is 0.497 e. The van der Waals surface area contributed by atoms with Gasteiger partial charge in [0.15, 0.2) is 0 Å². The summed E-state index contributed by atoms with van der Waals surface area (Å²) >= 11 is 0. The molecule has 3 aromatic carbocycles. The number of fused-ring (bicyclic) bond motifs is 1. The standard InChI is InChI=1S/C28H28N2O3/c1-32-21-9-6-18(7-10-21)25-15-26(25)28(31)30-16-20-8-11-23(24-12-13-29-17-27(20)24)19-4-3-5-22(14-19)33-2/h3-14,17,25-26,28,30-31H,15-16H2,1-2H3/t25-,26-,28?/m0/s1. The Kier molecular flexibility index (Phi) is 5.99. The second-order valence-corrected chi connectivity index (χ2v) is 8.53. The Morgan fingerprint density at radius 3 is 2.58 bits per heavy atom. The average Bonchev–Trinajstić information content (AvgIpc) is 3.68. The molecule has 1 aliphatic rings. The number of hydrogen-bond acceptors (Lipinski definition) is 5. The van der Waals surface area contributed by atoms with Gasteiger partial charge in [-0.05, 0) is 70.3 Å². The molecule has 3 atom stereocenters. The maximum absolute atomic E-state index is 10.8. The molecule has 1 heterocycles. The van der Waals surface area contributed by atoms with Crippen molar-refractivity contribution in [3.63, 3.8) is 0 Å². The topological polar surface area (TPSA) is 63.6 Å². The van der Waals surface area contributed by atoms with E-state index >= 15 is 0 Å². The molecule has 0 radical (unpaired) electrons. The zero-order valence-corrected chi connectivity index (χ0v) is 18.9. The monoisotopic (exact) mass is 440 g/mol. The van der Waals surface area contributed by atoms with Crippen molar-refractivity contribution in [1.82, 2.24) is 10.3 Å². The Bertz CT molecular complexity index is 1260. The van der Waals surface area contributed by atoms with Crippen LogP contribution in [0.5, 0.6) is 11.5 Å². The highest BCUT2D eigenvalue weighted by Crippen LogP contribution is 2.49. The fourth-order valence-electron chi connectivity index (χ4n) is 4.61. The van der Waals surface area contributed by atoms with Crippen molar-refractivity contribution in [3.05, 3.63) is 90.3 Å². The zero-order valence-electron chi connectivity index (χ0n) is 18.9. The van der Waals surface area contributed by atoms with Gasteiger partial charge in [0.1, 0.15) is 17.7 Å². The SMILES string of the molecule is COc1ccc([C@@H]2C[C@@H]2C(O)NCc2ccc(-c3cccc(OC)c3)c3ccncc23)cc1. The van der Waals surface area contributed by atoms with Crippen molar-refractivity contribution in [1.29, 1.82) is 0 Å². The first-order valence-corrected chi connectivity index (χ1v) is 11.2. The van der Waals surface area contributed by atoms with Crippen LogP contribution < -0.4 is 14.8 Å². The van der Waals surface area contributed by atoms with Crippen LogP contribution in [0.2, 0.25) is 0 Å². The molecule has 1 aromatic heterocycles. The van der Waals surface area contributed by atoms with Crippen molar-refractivity contribution in [3.8, 4) is 22.6 Å². The lowest BCUT2D eigenvalue weighted by molar-refractivity contribution is 0.111. The van der Waals surface area contributed by atoms with Gasteiger partial charge in [-0.2, -0.15) is 0 Å². The normalized spacial score (nSPS) is 18.2. The fourth-order valence-corrected chi connectivity index (χ4v) is 4.61. The highest BCUT2D eigenvalue weighted by Gasteiger charge is 2.43. The molecule has 0 aliphatic heterocycles. The van der Waals surface area contributed by atoms with Gasteiger partial charge in [0.05, 0.1) is 14.2 Å². The maximum atomic E-state index is 10.8. The van der Waals surface area contributed by atoms with E-state index in [-0.39, 0.29) is 5.92 Å². The van der Waals surface area contributed by atoms with Gasteiger partial charge in [-0.25, -0.2) is 0 Å².